The summed E-state index contributed by atoms with van der Waals surface area (Å²) in [6, 6.07) is 0. The van der Waals surface area contributed by atoms with Crippen LogP contribution in [0.25, 0.3) is 0 Å². The van der Waals surface area contributed by atoms with E-state index in [0.29, 0.717) is 26.1 Å². The Morgan fingerprint density at radius 2 is 2.56 bits per heavy atom. The molecule has 3 N–H and O–H groups in total. The zero-order chi connectivity index (χ0) is 12.8. The van der Waals surface area contributed by atoms with Crippen LogP contribution in [0.2, 0.25) is 0 Å². The molecule has 1 aliphatic heterocycles. The zero-order valence-electron chi connectivity index (χ0n) is 10.4. The number of carbonyl (C=O) groups excluding carboxylic acids is 1. The average Bonchev–Trinajstić information content (AvgIpc) is 2.82. The summed E-state index contributed by atoms with van der Waals surface area (Å²) >= 11 is 0. The minimum Gasteiger partial charge on any atom is -0.392 e. The van der Waals surface area contributed by atoms with Crippen LogP contribution in [0.5, 0.6) is 0 Å². The number of rotatable bonds is 5. The van der Waals surface area contributed by atoms with E-state index in [1.54, 1.807) is 12.4 Å². The maximum absolute atomic E-state index is 11.7. The van der Waals surface area contributed by atoms with Gasteiger partial charge < -0.3 is 15.4 Å². The number of aliphatic hydroxyl groups is 1. The molecule has 18 heavy (non-hydrogen) atoms. The van der Waals surface area contributed by atoms with Gasteiger partial charge in [0, 0.05) is 31.9 Å². The predicted octanol–water partition coefficient (Wildman–Crippen LogP) is -0.475. The molecular weight excluding hydrogens is 232 g/mol. The lowest BCUT2D eigenvalue weighted by Crippen LogP contribution is -2.44. The largest absolute Gasteiger partial charge is 0.392 e. The summed E-state index contributed by atoms with van der Waals surface area (Å²) in [7, 11) is 0. The zero-order valence-corrected chi connectivity index (χ0v) is 10.4. The lowest BCUT2D eigenvalue weighted by Gasteiger charge is -2.29. The van der Waals surface area contributed by atoms with Gasteiger partial charge in [-0.15, -0.1) is 0 Å². The average molecular weight is 252 g/mol. The van der Waals surface area contributed by atoms with Crippen molar-refractivity contribution in [2.75, 3.05) is 26.2 Å². The summed E-state index contributed by atoms with van der Waals surface area (Å²) in [5, 5.41) is 12.4. The molecule has 100 valence electrons. The van der Waals surface area contributed by atoms with Crippen LogP contribution in [0.15, 0.2) is 12.4 Å². The van der Waals surface area contributed by atoms with Crippen molar-refractivity contribution in [3.8, 4) is 0 Å². The van der Waals surface area contributed by atoms with Crippen LogP contribution in [0.3, 0.4) is 0 Å². The van der Waals surface area contributed by atoms with E-state index in [1.165, 1.54) is 0 Å². The van der Waals surface area contributed by atoms with Gasteiger partial charge >= 0.3 is 0 Å². The second kappa shape index (κ2) is 6.51. The molecule has 1 aliphatic rings. The SMILES string of the molecule is O=C(CN1CCC[C@H](O)C1)NCCc1ncc[nH]1. The molecule has 0 aliphatic carbocycles. The number of β-amino-alcohol motifs (C(OH)–C–C–N with tert-alkyl or cyclic N) is 1. The van der Waals surface area contributed by atoms with E-state index in [-0.39, 0.29) is 12.0 Å². The highest BCUT2D eigenvalue weighted by molar-refractivity contribution is 5.78. The molecule has 1 aromatic rings. The molecule has 0 aromatic carbocycles. The number of nitrogens with zero attached hydrogens (tertiary/aromatic N) is 2. The standard InChI is InChI=1S/C12H20N4O2/c17-10-2-1-7-16(8-10)9-12(18)15-4-3-11-13-5-6-14-11/h5-6,10,17H,1-4,7-9H2,(H,13,14)(H,15,18)/t10-/m0/s1. The molecule has 1 atom stereocenters. The number of carbonyl (C=O) groups is 1. The molecule has 1 aromatic heterocycles. The normalized spacial score (nSPS) is 20.8. The number of hydrogen-bond acceptors (Lipinski definition) is 4. The summed E-state index contributed by atoms with van der Waals surface area (Å²) in [6.45, 7) is 2.45. The number of nitrogens with one attached hydrogen (secondary N) is 2. The maximum Gasteiger partial charge on any atom is 0.234 e. The number of aromatic amines is 1. The third-order valence-electron chi connectivity index (χ3n) is 3.09. The quantitative estimate of drug-likeness (QED) is 0.661. The molecule has 1 amide bonds. The molecule has 1 fully saturated rings. The van der Waals surface area contributed by atoms with Crippen LogP contribution < -0.4 is 5.32 Å². The van der Waals surface area contributed by atoms with Crippen molar-refractivity contribution in [3.05, 3.63) is 18.2 Å². The number of piperidine rings is 1. The third-order valence-corrected chi connectivity index (χ3v) is 3.09. The first-order chi connectivity index (χ1) is 8.74. The van der Waals surface area contributed by atoms with Crippen LogP contribution in [0.4, 0.5) is 0 Å². The number of imidazole rings is 1. The van der Waals surface area contributed by atoms with E-state index in [4.69, 9.17) is 0 Å². The summed E-state index contributed by atoms with van der Waals surface area (Å²) in [5.74, 6) is 0.888. The van der Waals surface area contributed by atoms with Crippen molar-refractivity contribution in [1.82, 2.24) is 20.2 Å². The highest BCUT2D eigenvalue weighted by Gasteiger charge is 2.19. The number of H-pyrrole nitrogens is 1. The number of likely N-dealkylation sites (tertiary alicyclic amines) is 1. The minimum atomic E-state index is -0.283. The van der Waals surface area contributed by atoms with E-state index >= 15 is 0 Å². The van der Waals surface area contributed by atoms with E-state index in [1.807, 2.05) is 4.90 Å². The highest BCUT2D eigenvalue weighted by atomic mass is 16.3. The van der Waals surface area contributed by atoms with Crippen molar-refractivity contribution < 1.29 is 9.90 Å². The number of aliphatic hydroxyl groups excluding tert-OH is 1. The van der Waals surface area contributed by atoms with Crippen LogP contribution in [-0.4, -0.2) is 58.2 Å². The van der Waals surface area contributed by atoms with Gasteiger partial charge in [0.25, 0.3) is 0 Å². The van der Waals surface area contributed by atoms with Gasteiger partial charge in [-0.3, -0.25) is 9.69 Å². The lowest BCUT2D eigenvalue weighted by atomic mass is 10.1. The van der Waals surface area contributed by atoms with E-state index < -0.39 is 0 Å². The van der Waals surface area contributed by atoms with Gasteiger partial charge in [0.15, 0.2) is 0 Å². The molecule has 2 rings (SSSR count). The van der Waals surface area contributed by atoms with Gasteiger partial charge in [0.05, 0.1) is 12.6 Å². The monoisotopic (exact) mass is 252 g/mol. The van der Waals surface area contributed by atoms with Crippen LogP contribution in [0, 0.1) is 0 Å². The van der Waals surface area contributed by atoms with Crippen LogP contribution >= 0.6 is 0 Å². The van der Waals surface area contributed by atoms with Crippen molar-refractivity contribution in [1.29, 1.82) is 0 Å². The second-order valence-electron chi connectivity index (χ2n) is 4.67. The Balaban J connectivity index is 1.62. The Hall–Kier alpha value is -1.40. The van der Waals surface area contributed by atoms with Gasteiger partial charge in [-0.1, -0.05) is 0 Å². The Labute approximate surface area is 106 Å². The smallest absolute Gasteiger partial charge is 0.234 e. The molecule has 0 saturated carbocycles. The summed E-state index contributed by atoms with van der Waals surface area (Å²) in [6.07, 6.45) is 5.70. The molecule has 2 heterocycles. The van der Waals surface area contributed by atoms with Crippen LogP contribution in [-0.2, 0) is 11.2 Å². The lowest BCUT2D eigenvalue weighted by molar-refractivity contribution is -0.122. The first-order valence-corrected chi connectivity index (χ1v) is 6.39. The Morgan fingerprint density at radius 3 is 3.28 bits per heavy atom. The first-order valence-electron chi connectivity index (χ1n) is 6.39. The molecule has 6 nitrogen and oxygen atoms in total. The van der Waals surface area contributed by atoms with Crippen LogP contribution in [0.1, 0.15) is 18.7 Å². The van der Waals surface area contributed by atoms with Gasteiger partial charge in [0.1, 0.15) is 5.82 Å². The molecule has 0 spiro atoms. The van der Waals surface area contributed by atoms with Gasteiger partial charge in [-0.25, -0.2) is 4.98 Å². The summed E-state index contributed by atoms with van der Waals surface area (Å²) < 4.78 is 0. The topological polar surface area (TPSA) is 81.2 Å². The van der Waals surface area contributed by atoms with E-state index in [0.717, 1.165) is 25.2 Å². The van der Waals surface area contributed by atoms with Crippen molar-refractivity contribution in [3.63, 3.8) is 0 Å². The molecular formula is C12H20N4O2. The molecule has 0 radical (unpaired) electrons. The van der Waals surface area contributed by atoms with Crippen molar-refractivity contribution >= 4 is 5.91 Å². The first kappa shape index (κ1) is 13.0. The minimum absolute atomic E-state index is 0.00987. The number of aromatic nitrogens is 2. The van der Waals surface area contributed by atoms with Gasteiger partial charge in [-0.05, 0) is 19.4 Å². The number of hydrogen-bond donors (Lipinski definition) is 3. The summed E-state index contributed by atoms with van der Waals surface area (Å²) in [5.41, 5.74) is 0. The highest BCUT2D eigenvalue weighted by Crippen LogP contribution is 2.08. The fourth-order valence-electron chi connectivity index (χ4n) is 2.19. The third kappa shape index (κ3) is 4.12. The molecule has 0 unspecified atom stereocenters. The van der Waals surface area contributed by atoms with Gasteiger partial charge in [0.2, 0.25) is 5.91 Å². The molecule has 0 bridgehead atoms. The second-order valence-corrected chi connectivity index (χ2v) is 4.67. The fourth-order valence-corrected chi connectivity index (χ4v) is 2.19. The van der Waals surface area contributed by atoms with E-state index in [2.05, 4.69) is 15.3 Å². The fraction of sp³-hybridized carbons (Fsp3) is 0.667. The van der Waals surface area contributed by atoms with Gasteiger partial charge in [-0.2, -0.15) is 0 Å². The van der Waals surface area contributed by atoms with E-state index in [9.17, 15) is 9.90 Å². The molecule has 1 saturated heterocycles. The Morgan fingerprint density at radius 1 is 1.67 bits per heavy atom. The van der Waals surface area contributed by atoms with Crippen molar-refractivity contribution in [2.24, 2.45) is 0 Å². The Kier molecular flexibility index (Phi) is 4.72. The van der Waals surface area contributed by atoms with Crippen molar-refractivity contribution in [2.45, 2.75) is 25.4 Å². The number of amides is 1. The molecule has 6 heteroatoms. The Bertz CT molecular complexity index is 366. The maximum atomic E-state index is 11.7. The summed E-state index contributed by atoms with van der Waals surface area (Å²) in [4.78, 5) is 20.8. The predicted molar refractivity (Wildman–Crippen MR) is 67.0 cm³/mol.